The number of Topliss-reactive ketones (excluding diaryl/α,β-unsaturated/α-hetero) is 1. The second-order valence-electron chi connectivity index (χ2n) is 6.29. The Balaban J connectivity index is 1.93. The number of nitrogens with zero attached hydrogens (tertiary/aromatic N) is 5. The van der Waals surface area contributed by atoms with E-state index in [1.54, 1.807) is 30.3 Å². The number of rotatable bonds is 5. The Bertz CT molecular complexity index is 1170. The smallest absolute Gasteiger partial charge is 0.357 e. The number of aromatic nitrogens is 4. The normalized spacial score (nSPS) is 15.2. The quantitative estimate of drug-likeness (QED) is 0.291. The summed E-state index contributed by atoms with van der Waals surface area (Å²) in [6.45, 7) is 0. The average Bonchev–Trinajstić information content (AvgIpc) is 3.26. The molecular weight excluding hydrogens is 392 g/mol. The van der Waals surface area contributed by atoms with E-state index in [0.717, 1.165) is 4.68 Å². The number of non-ortho nitro benzene ring substituents is 1. The number of fused-ring (bicyclic) bond motifs is 1. The number of ether oxygens (including phenoxy) is 1. The van der Waals surface area contributed by atoms with Gasteiger partial charge in [0.1, 0.15) is 0 Å². The van der Waals surface area contributed by atoms with Gasteiger partial charge in [0.2, 0.25) is 5.95 Å². The highest BCUT2D eigenvalue weighted by atomic mass is 16.6. The van der Waals surface area contributed by atoms with Crippen LogP contribution in [0.25, 0.3) is 5.70 Å². The van der Waals surface area contributed by atoms with E-state index < -0.39 is 22.7 Å². The first-order chi connectivity index (χ1) is 14.5. The van der Waals surface area contributed by atoms with E-state index in [9.17, 15) is 19.7 Å². The first-order valence-corrected chi connectivity index (χ1v) is 8.73. The Labute approximate surface area is 169 Å². The summed E-state index contributed by atoms with van der Waals surface area (Å²) in [5.41, 5.74) is 0.678. The number of hydrogen-bond donors (Lipinski definition) is 1. The minimum absolute atomic E-state index is 0.0571. The maximum atomic E-state index is 13.4. The fraction of sp³-hybridized carbons (Fsp3) is 0.105. The predicted molar refractivity (Wildman–Crippen MR) is 103 cm³/mol. The molecule has 0 spiro atoms. The van der Waals surface area contributed by atoms with Gasteiger partial charge in [-0.15, -0.1) is 0 Å². The minimum Gasteiger partial charge on any atom is -0.464 e. The van der Waals surface area contributed by atoms with Gasteiger partial charge < -0.3 is 10.1 Å². The first kappa shape index (κ1) is 18.9. The molecule has 2 aromatic carbocycles. The number of benzene rings is 2. The van der Waals surface area contributed by atoms with Crippen molar-refractivity contribution in [3.8, 4) is 0 Å². The number of ketones is 1. The molecule has 11 nitrogen and oxygen atoms in total. The third-order valence-electron chi connectivity index (χ3n) is 4.60. The van der Waals surface area contributed by atoms with Crippen LogP contribution in [0.15, 0.2) is 60.2 Å². The molecule has 0 fully saturated rings. The summed E-state index contributed by atoms with van der Waals surface area (Å²) in [7, 11) is 1.19. The molecule has 0 bridgehead atoms. The maximum Gasteiger partial charge on any atom is 0.357 e. The lowest BCUT2D eigenvalue weighted by atomic mass is 9.89. The van der Waals surface area contributed by atoms with E-state index in [2.05, 4.69) is 20.8 Å². The number of methoxy groups -OCH3 is 1. The summed E-state index contributed by atoms with van der Waals surface area (Å²) in [4.78, 5) is 36.5. The molecule has 1 aliphatic rings. The molecule has 0 radical (unpaired) electrons. The zero-order valence-electron chi connectivity index (χ0n) is 15.6. The summed E-state index contributed by atoms with van der Waals surface area (Å²) in [5, 5.41) is 25.2. The Morgan fingerprint density at radius 2 is 1.83 bits per heavy atom. The lowest BCUT2D eigenvalue weighted by molar-refractivity contribution is -0.384. The van der Waals surface area contributed by atoms with Gasteiger partial charge in [-0.3, -0.25) is 14.9 Å². The van der Waals surface area contributed by atoms with Gasteiger partial charge in [-0.25, -0.2) is 4.79 Å². The minimum atomic E-state index is -0.842. The van der Waals surface area contributed by atoms with Gasteiger partial charge in [0, 0.05) is 17.7 Å². The Kier molecular flexibility index (Phi) is 4.76. The molecule has 30 heavy (non-hydrogen) atoms. The molecule has 3 aromatic rings. The molecule has 0 amide bonds. The lowest BCUT2D eigenvalue weighted by Gasteiger charge is -2.28. The molecule has 0 aliphatic carbocycles. The number of esters is 1. The van der Waals surface area contributed by atoms with Gasteiger partial charge in [-0.2, -0.15) is 4.68 Å². The Morgan fingerprint density at radius 1 is 1.13 bits per heavy atom. The second-order valence-corrected chi connectivity index (χ2v) is 6.29. The van der Waals surface area contributed by atoms with Crippen LogP contribution in [0.2, 0.25) is 0 Å². The summed E-state index contributed by atoms with van der Waals surface area (Å²) >= 11 is 0. The number of anilines is 1. The van der Waals surface area contributed by atoms with Crippen molar-refractivity contribution in [1.29, 1.82) is 0 Å². The van der Waals surface area contributed by atoms with Crippen molar-refractivity contribution in [2.45, 2.75) is 6.04 Å². The molecular formula is C19H14N6O5. The van der Waals surface area contributed by atoms with Gasteiger partial charge in [-0.05, 0) is 28.1 Å². The van der Waals surface area contributed by atoms with Crippen LogP contribution in [0.5, 0.6) is 0 Å². The van der Waals surface area contributed by atoms with Gasteiger partial charge in [0.05, 0.1) is 23.6 Å². The van der Waals surface area contributed by atoms with Crippen LogP contribution in [-0.2, 0) is 9.53 Å². The largest absolute Gasteiger partial charge is 0.464 e. The first-order valence-electron chi connectivity index (χ1n) is 8.73. The van der Waals surface area contributed by atoms with Gasteiger partial charge in [0.15, 0.2) is 11.5 Å². The van der Waals surface area contributed by atoms with E-state index in [1.807, 2.05) is 0 Å². The fourth-order valence-corrected chi connectivity index (χ4v) is 3.20. The Morgan fingerprint density at radius 3 is 2.47 bits per heavy atom. The van der Waals surface area contributed by atoms with Crippen molar-refractivity contribution in [1.82, 2.24) is 20.2 Å². The number of tetrazole rings is 1. The summed E-state index contributed by atoms with van der Waals surface area (Å²) in [6.07, 6.45) is 0. The van der Waals surface area contributed by atoms with Crippen molar-refractivity contribution in [3.63, 3.8) is 0 Å². The Hall–Kier alpha value is -4.41. The monoisotopic (exact) mass is 406 g/mol. The highest BCUT2D eigenvalue weighted by molar-refractivity contribution is 6.24. The average molecular weight is 406 g/mol. The second kappa shape index (κ2) is 7.54. The number of nitro groups is 1. The van der Waals surface area contributed by atoms with Crippen LogP contribution >= 0.6 is 0 Å². The molecule has 0 unspecified atom stereocenters. The van der Waals surface area contributed by atoms with E-state index in [1.165, 1.54) is 31.4 Å². The standard InChI is InChI=1S/C19H14N6O5/c1-30-18(27)16-14(17(26)12-5-3-2-4-6-12)15(20-19-21-22-23-24(16)19)11-7-9-13(10-8-11)25(28)29/h2-10,15H,1H3,(H,20,21,23)/t15-/m0/s1. The van der Waals surface area contributed by atoms with Crippen LogP contribution in [0.1, 0.15) is 22.0 Å². The van der Waals surface area contributed by atoms with Gasteiger partial charge in [0.25, 0.3) is 5.69 Å². The molecule has 2 heterocycles. The SMILES string of the molecule is COC(=O)C1=C(C(=O)c2ccccc2)[C@H](c2ccc([N+](=O)[O-])cc2)Nc2nnnn21. The maximum absolute atomic E-state index is 13.4. The van der Waals surface area contributed by atoms with Crippen molar-refractivity contribution >= 4 is 29.1 Å². The fourth-order valence-electron chi connectivity index (χ4n) is 3.20. The van der Waals surface area contributed by atoms with Crippen LogP contribution in [-0.4, -0.2) is 44.0 Å². The molecule has 4 rings (SSSR count). The van der Waals surface area contributed by atoms with Crippen molar-refractivity contribution in [3.05, 3.63) is 81.4 Å². The molecule has 150 valence electrons. The van der Waals surface area contributed by atoms with Gasteiger partial charge >= 0.3 is 5.97 Å². The van der Waals surface area contributed by atoms with E-state index in [4.69, 9.17) is 4.74 Å². The molecule has 1 atom stereocenters. The van der Waals surface area contributed by atoms with E-state index >= 15 is 0 Å². The topological polar surface area (TPSA) is 142 Å². The molecule has 11 heteroatoms. The molecule has 0 saturated heterocycles. The van der Waals surface area contributed by atoms with Crippen LogP contribution in [0, 0.1) is 10.1 Å². The summed E-state index contributed by atoms with van der Waals surface area (Å²) in [5.74, 6) is -1.10. The zero-order chi connectivity index (χ0) is 21.3. The van der Waals surface area contributed by atoms with Gasteiger partial charge in [-0.1, -0.05) is 35.4 Å². The third-order valence-corrected chi connectivity index (χ3v) is 4.60. The highest BCUT2D eigenvalue weighted by Gasteiger charge is 2.38. The molecule has 0 saturated carbocycles. The van der Waals surface area contributed by atoms with Crippen molar-refractivity contribution in [2.75, 3.05) is 12.4 Å². The number of hydrogen-bond acceptors (Lipinski definition) is 9. The number of nitro benzene ring substituents is 1. The molecule has 1 aromatic heterocycles. The lowest BCUT2D eigenvalue weighted by Crippen LogP contribution is -2.31. The number of nitrogens with one attached hydrogen (secondary N) is 1. The van der Waals surface area contributed by atoms with E-state index in [0.29, 0.717) is 11.1 Å². The predicted octanol–water partition coefficient (Wildman–Crippen LogP) is 2.02. The zero-order valence-corrected chi connectivity index (χ0v) is 15.6. The summed E-state index contributed by atoms with van der Waals surface area (Å²) in [6, 6.07) is 13.2. The summed E-state index contributed by atoms with van der Waals surface area (Å²) < 4.78 is 5.99. The van der Waals surface area contributed by atoms with Crippen molar-refractivity contribution < 1.29 is 19.2 Å². The van der Waals surface area contributed by atoms with Crippen molar-refractivity contribution in [2.24, 2.45) is 0 Å². The third kappa shape index (κ3) is 3.17. The van der Waals surface area contributed by atoms with Crippen LogP contribution in [0.4, 0.5) is 11.6 Å². The number of carbonyl (C=O) groups is 2. The number of carbonyl (C=O) groups excluding carboxylic acids is 2. The van der Waals surface area contributed by atoms with Crippen LogP contribution in [0.3, 0.4) is 0 Å². The van der Waals surface area contributed by atoms with E-state index in [-0.39, 0.29) is 22.9 Å². The highest BCUT2D eigenvalue weighted by Crippen LogP contribution is 2.37. The molecule has 1 N–H and O–H groups in total. The van der Waals surface area contributed by atoms with Crippen LogP contribution < -0.4 is 5.32 Å². The molecule has 1 aliphatic heterocycles.